The van der Waals surface area contributed by atoms with Gasteiger partial charge in [0, 0.05) is 31.7 Å². The minimum atomic E-state index is -0.195. The number of carbonyl (C=O) groups excluding carboxylic acids is 1. The Balaban J connectivity index is 1.59. The topological polar surface area (TPSA) is 94.9 Å². The van der Waals surface area contributed by atoms with E-state index in [1.165, 1.54) is 0 Å². The van der Waals surface area contributed by atoms with Crippen molar-refractivity contribution in [2.75, 3.05) is 47.1 Å². The zero-order valence-electron chi connectivity index (χ0n) is 20.7. The van der Waals surface area contributed by atoms with Gasteiger partial charge in [0.25, 0.3) is 11.5 Å². The van der Waals surface area contributed by atoms with Crippen molar-refractivity contribution in [2.45, 2.75) is 26.4 Å². The fourth-order valence-electron chi connectivity index (χ4n) is 4.53. The lowest BCUT2D eigenvalue weighted by Crippen LogP contribution is -2.43. The van der Waals surface area contributed by atoms with E-state index in [0.29, 0.717) is 54.6 Å². The molecule has 1 fully saturated rings. The lowest BCUT2D eigenvalue weighted by Gasteiger charge is -2.35. The second kappa shape index (κ2) is 10.9. The normalized spacial score (nSPS) is 15.1. The maximum Gasteiger partial charge on any atom is 0.272 e. The fourth-order valence-corrected chi connectivity index (χ4v) is 4.53. The number of morpholine rings is 1. The number of benzene rings is 2. The molecule has 2 heterocycles. The summed E-state index contributed by atoms with van der Waals surface area (Å²) in [6.45, 7) is 7.38. The van der Waals surface area contributed by atoms with Crippen LogP contribution in [0.25, 0.3) is 11.0 Å². The Labute approximate surface area is 204 Å². The SMILES string of the molecule is CCn1c(=O)c(C)nc2cc(C(=O)NC[C@H](c3ccc(OC)c(OC)c3)N3CCOCC3)ccc21. The van der Waals surface area contributed by atoms with E-state index in [0.717, 1.165) is 24.2 Å². The summed E-state index contributed by atoms with van der Waals surface area (Å²) < 4.78 is 18.1. The third kappa shape index (κ3) is 5.16. The van der Waals surface area contributed by atoms with E-state index in [1.807, 2.05) is 25.1 Å². The van der Waals surface area contributed by atoms with Crippen molar-refractivity contribution < 1.29 is 19.0 Å². The second-order valence-corrected chi connectivity index (χ2v) is 8.44. The van der Waals surface area contributed by atoms with E-state index >= 15 is 0 Å². The molecule has 0 saturated carbocycles. The molecule has 1 aliphatic rings. The van der Waals surface area contributed by atoms with Gasteiger partial charge in [-0.3, -0.25) is 14.5 Å². The number of hydrogen-bond acceptors (Lipinski definition) is 7. The lowest BCUT2D eigenvalue weighted by atomic mass is 10.0. The summed E-state index contributed by atoms with van der Waals surface area (Å²) in [6.07, 6.45) is 0. The van der Waals surface area contributed by atoms with Gasteiger partial charge in [0.15, 0.2) is 11.5 Å². The molecule has 0 unspecified atom stereocenters. The van der Waals surface area contributed by atoms with Gasteiger partial charge in [-0.05, 0) is 49.7 Å². The van der Waals surface area contributed by atoms with E-state index in [1.54, 1.807) is 43.9 Å². The van der Waals surface area contributed by atoms with Crippen LogP contribution in [0.1, 0.15) is 34.6 Å². The van der Waals surface area contributed by atoms with Gasteiger partial charge in [-0.1, -0.05) is 6.07 Å². The summed E-state index contributed by atoms with van der Waals surface area (Å²) in [5, 5.41) is 3.09. The third-order valence-corrected chi connectivity index (χ3v) is 6.42. The summed E-state index contributed by atoms with van der Waals surface area (Å²) >= 11 is 0. The molecule has 35 heavy (non-hydrogen) atoms. The molecule has 1 aromatic heterocycles. The summed E-state index contributed by atoms with van der Waals surface area (Å²) in [7, 11) is 3.22. The van der Waals surface area contributed by atoms with Crippen LogP contribution in [0.5, 0.6) is 11.5 Å². The molecule has 186 valence electrons. The first-order valence-corrected chi connectivity index (χ1v) is 11.8. The molecule has 3 aromatic rings. The molecule has 0 aliphatic carbocycles. The molecule has 1 aliphatic heterocycles. The largest absolute Gasteiger partial charge is 0.493 e. The predicted octanol–water partition coefficient (Wildman–Crippen LogP) is 2.55. The average molecular weight is 481 g/mol. The molecule has 9 heteroatoms. The number of carbonyl (C=O) groups is 1. The van der Waals surface area contributed by atoms with Crippen molar-refractivity contribution in [3.8, 4) is 11.5 Å². The van der Waals surface area contributed by atoms with E-state index in [-0.39, 0.29) is 17.5 Å². The van der Waals surface area contributed by atoms with Crippen LogP contribution < -0.4 is 20.3 Å². The first-order valence-electron chi connectivity index (χ1n) is 11.8. The van der Waals surface area contributed by atoms with Crippen molar-refractivity contribution in [1.82, 2.24) is 19.8 Å². The molecular formula is C26H32N4O5. The number of fused-ring (bicyclic) bond motifs is 1. The highest BCUT2D eigenvalue weighted by Gasteiger charge is 2.25. The highest BCUT2D eigenvalue weighted by atomic mass is 16.5. The molecule has 1 atom stereocenters. The van der Waals surface area contributed by atoms with Crippen molar-refractivity contribution in [2.24, 2.45) is 0 Å². The van der Waals surface area contributed by atoms with Crippen LogP contribution in [0.4, 0.5) is 0 Å². The van der Waals surface area contributed by atoms with E-state index < -0.39 is 0 Å². The number of nitrogens with zero attached hydrogens (tertiary/aromatic N) is 3. The Bertz CT molecular complexity index is 1270. The quantitative estimate of drug-likeness (QED) is 0.529. The van der Waals surface area contributed by atoms with E-state index in [9.17, 15) is 9.59 Å². The number of ether oxygens (including phenoxy) is 3. The molecule has 0 radical (unpaired) electrons. The molecule has 9 nitrogen and oxygen atoms in total. The van der Waals surface area contributed by atoms with Gasteiger partial charge in [-0.15, -0.1) is 0 Å². The second-order valence-electron chi connectivity index (χ2n) is 8.44. The Morgan fingerprint density at radius 3 is 2.54 bits per heavy atom. The summed E-state index contributed by atoms with van der Waals surface area (Å²) in [4.78, 5) is 32.2. The number of aryl methyl sites for hydroxylation is 2. The predicted molar refractivity (Wildman–Crippen MR) is 133 cm³/mol. The van der Waals surface area contributed by atoms with E-state index in [4.69, 9.17) is 14.2 Å². The van der Waals surface area contributed by atoms with Crippen LogP contribution in [-0.2, 0) is 11.3 Å². The minimum absolute atomic E-state index is 0.0613. The van der Waals surface area contributed by atoms with Crippen LogP contribution >= 0.6 is 0 Å². The van der Waals surface area contributed by atoms with Gasteiger partial charge < -0.3 is 24.1 Å². The number of hydrogen-bond donors (Lipinski definition) is 1. The van der Waals surface area contributed by atoms with Gasteiger partial charge in [0.2, 0.25) is 0 Å². The molecule has 0 spiro atoms. The monoisotopic (exact) mass is 480 g/mol. The minimum Gasteiger partial charge on any atom is -0.493 e. The molecule has 2 aromatic carbocycles. The maximum absolute atomic E-state index is 13.1. The van der Waals surface area contributed by atoms with Crippen LogP contribution in [-0.4, -0.2) is 67.4 Å². The van der Waals surface area contributed by atoms with Crippen LogP contribution in [0.3, 0.4) is 0 Å². The smallest absolute Gasteiger partial charge is 0.272 e. The first kappa shape index (κ1) is 24.7. The molecule has 0 bridgehead atoms. The number of rotatable bonds is 8. The van der Waals surface area contributed by atoms with Gasteiger partial charge in [-0.2, -0.15) is 0 Å². The van der Waals surface area contributed by atoms with Crippen LogP contribution in [0.15, 0.2) is 41.2 Å². The van der Waals surface area contributed by atoms with Crippen LogP contribution in [0, 0.1) is 6.92 Å². The number of aromatic nitrogens is 2. The van der Waals surface area contributed by atoms with Gasteiger partial charge in [-0.25, -0.2) is 4.98 Å². The molecule has 1 amide bonds. The first-order chi connectivity index (χ1) is 17.0. The van der Waals surface area contributed by atoms with Gasteiger partial charge in [0.1, 0.15) is 5.69 Å². The molecule has 1 saturated heterocycles. The van der Waals surface area contributed by atoms with E-state index in [2.05, 4.69) is 15.2 Å². The molecular weight excluding hydrogens is 448 g/mol. The highest BCUT2D eigenvalue weighted by Crippen LogP contribution is 2.32. The zero-order valence-corrected chi connectivity index (χ0v) is 20.7. The van der Waals surface area contributed by atoms with Crippen molar-refractivity contribution >= 4 is 16.9 Å². The average Bonchev–Trinajstić information content (AvgIpc) is 2.89. The van der Waals surface area contributed by atoms with Crippen LogP contribution in [0.2, 0.25) is 0 Å². The Morgan fingerprint density at radius 2 is 1.86 bits per heavy atom. The van der Waals surface area contributed by atoms with Crippen molar-refractivity contribution in [3.63, 3.8) is 0 Å². The fraction of sp³-hybridized carbons (Fsp3) is 0.423. The maximum atomic E-state index is 13.1. The number of amides is 1. The summed E-state index contributed by atoms with van der Waals surface area (Å²) in [5.41, 5.74) is 3.17. The number of methoxy groups -OCH3 is 2. The highest BCUT2D eigenvalue weighted by molar-refractivity contribution is 5.97. The summed E-state index contributed by atoms with van der Waals surface area (Å²) in [5.74, 6) is 1.11. The Kier molecular flexibility index (Phi) is 7.67. The van der Waals surface area contributed by atoms with Crippen molar-refractivity contribution in [1.29, 1.82) is 0 Å². The summed E-state index contributed by atoms with van der Waals surface area (Å²) in [6, 6.07) is 11.0. The standard InChI is InChI=1S/C26H32N4O5/c1-5-30-21-8-6-19(14-20(21)28-17(2)26(30)32)25(31)27-16-22(29-10-12-35-13-11-29)18-7-9-23(33-3)24(15-18)34-4/h6-9,14-15,22H,5,10-13,16H2,1-4H3,(H,27,31)/t22-/m1/s1. The van der Waals surface area contributed by atoms with Crippen molar-refractivity contribution in [3.05, 3.63) is 63.6 Å². The van der Waals surface area contributed by atoms with Gasteiger partial charge in [0.05, 0.1) is 44.5 Å². The molecule has 4 rings (SSSR count). The molecule has 1 N–H and O–H groups in total. The zero-order chi connectivity index (χ0) is 24.9. The third-order valence-electron chi connectivity index (χ3n) is 6.42. The Hall–Kier alpha value is -3.43. The van der Waals surface area contributed by atoms with Gasteiger partial charge >= 0.3 is 0 Å². The number of nitrogens with one attached hydrogen (secondary N) is 1. The Morgan fingerprint density at radius 1 is 1.11 bits per heavy atom. The lowest BCUT2D eigenvalue weighted by molar-refractivity contribution is 0.0162.